The second-order valence-corrected chi connectivity index (χ2v) is 7.10. The van der Waals surface area contributed by atoms with Crippen molar-refractivity contribution in [2.24, 2.45) is 0 Å². The summed E-state index contributed by atoms with van der Waals surface area (Å²) in [7, 11) is 0. The van der Waals surface area contributed by atoms with Gasteiger partial charge < -0.3 is 19.1 Å². The lowest BCUT2D eigenvalue weighted by Gasteiger charge is -2.09. The first-order valence-corrected chi connectivity index (χ1v) is 9.54. The normalized spacial score (nSPS) is 11.1. The fraction of sp³-hybridized carbons (Fsp3) is 0.316. The van der Waals surface area contributed by atoms with E-state index in [1.807, 2.05) is 13.8 Å². The third kappa shape index (κ3) is 5.14. The molecule has 0 radical (unpaired) electrons. The van der Waals surface area contributed by atoms with Crippen LogP contribution >= 0.6 is 23.2 Å². The molecule has 0 spiro atoms. The number of aliphatic hydroxyl groups is 1. The summed E-state index contributed by atoms with van der Waals surface area (Å²) < 4.78 is 30.3. The van der Waals surface area contributed by atoms with E-state index in [2.05, 4.69) is 15.1 Å². The summed E-state index contributed by atoms with van der Waals surface area (Å²) in [4.78, 5) is 8.40. The Morgan fingerprint density at radius 2 is 2.00 bits per heavy atom. The van der Waals surface area contributed by atoms with Crippen molar-refractivity contribution < 1.29 is 23.5 Å². The largest absolute Gasteiger partial charge is 0.490 e. The highest BCUT2D eigenvalue weighted by molar-refractivity contribution is 6.33. The number of rotatable bonds is 8. The summed E-state index contributed by atoms with van der Waals surface area (Å²) in [5.74, 6) is -0.108. The number of benzene rings is 1. The summed E-state index contributed by atoms with van der Waals surface area (Å²) in [5.41, 5.74) is 0.720. The lowest BCUT2D eigenvalue weighted by molar-refractivity contribution is 0.228. The van der Waals surface area contributed by atoms with Gasteiger partial charge in [0.1, 0.15) is 5.02 Å². The average Bonchev–Trinajstić information content (AvgIpc) is 3.15. The predicted molar refractivity (Wildman–Crippen MR) is 106 cm³/mol. The molecule has 2 heterocycles. The zero-order chi connectivity index (χ0) is 21.0. The molecule has 0 saturated carbocycles. The minimum absolute atomic E-state index is 0.0207. The number of halogens is 3. The van der Waals surface area contributed by atoms with Crippen molar-refractivity contribution >= 4 is 23.2 Å². The van der Waals surface area contributed by atoms with E-state index in [-0.39, 0.29) is 47.4 Å². The summed E-state index contributed by atoms with van der Waals surface area (Å²) in [6, 6.07) is 4.08. The zero-order valence-corrected chi connectivity index (χ0v) is 17.2. The highest BCUT2D eigenvalue weighted by Crippen LogP contribution is 2.34. The first-order valence-electron chi connectivity index (χ1n) is 8.78. The monoisotopic (exact) mass is 441 g/mol. The fourth-order valence-electron chi connectivity index (χ4n) is 2.36. The third-order valence-electron chi connectivity index (χ3n) is 3.65. The van der Waals surface area contributed by atoms with Crippen molar-refractivity contribution in [2.45, 2.75) is 26.4 Å². The van der Waals surface area contributed by atoms with Crippen molar-refractivity contribution in [2.75, 3.05) is 13.2 Å². The van der Waals surface area contributed by atoms with E-state index in [1.54, 1.807) is 6.07 Å². The van der Waals surface area contributed by atoms with Gasteiger partial charge in [0.05, 0.1) is 23.3 Å². The van der Waals surface area contributed by atoms with Crippen LogP contribution in [0.5, 0.6) is 11.6 Å². The van der Waals surface area contributed by atoms with Gasteiger partial charge in [0.25, 0.3) is 5.89 Å². The topological polar surface area (TPSA) is 90.5 Å². The summed E-state index contributed by atoms with van der Waals surface area (Å²) >= 11 is 12.4. The molecule has 0 fully saturated rings. The van der Waals surface area contributed by atoms with Crippen LogP contribution in [-0.4, -0.2) is 39.5 Å². The number of pyridine rings is 1. The van der Waals surface area contributed by atoms with Gasteiger partial charge in [-0.1, -0.05) is 28.4 Å². The Bertz CT molecular complexity index is 998. The highest BCUT2D eigenvalue weighted by atomic mass is 35.5. The van der Waals surface area contributed by atoms with Crippen LogP contribution in [0, 0.1) is 5.82 Å². The van der Waals surface area contributed by atoms with Gasteiger partial charge in [-0.3, -0.25) is 0 Å². The summed E-state index contributed by atoms with van der Waals surface area (Å²) in [6.07, 6.45) is 1.79. The second-order valence-electron chi connectivity index (χ2n) is 6.29. The SMILES string of the molecule is CC(C)Oc1ncc(-c2nc(-c3cc(F)c(OCCCO)cc3Cl)no2)cc1Cl. The van der Waals surface area contributed by atoms with E-state index in [1.165, 1.54) is 12.3 Å². The Balaban J connectivity index is 1.84. The van der Waals surface area contributed by atoms with E-state index in [0.29, 0.717) is 22.9 Å². The van der Waals surface area contributed by atoms with Crippen LogP contribution in [0.4, 0.5) is 4.39 Å². The van der Waals surface area contributed by atoms with Crippen LogP contribution in [0.2, 0.25) is 10.0 Å². The van der Waals surface area contributed by atoms with E-state index in [9.17, 15) is 4.39 Å². The molecule has 0 aliphatic rings. The molecule has 1 N–H and O–H groups in total. The number of aliphatic hydroxyl groups excluding tert-OH is 1. The molecular formula is C19H18Cl2FN3O4. The molecule has 7 nitrogen and oxygen atoms in total. The molecule has 0 amide bonds. The van der Waals surface area contributed by atoms with E-state index < -0.39 is 5.82 Å². The number of hydrogen-bond acceptors (Lipinski definition) is 7. The van der Waals surface area contributed by atoms with Crippen LogP contribution in [0.1, 0.15) is 20.3 Å². The van der Waals surface area contributed by atoms with Crippen molar-refractivity contribution in [3.8, 4) is 34.5 Å². The van der Waals surface area contributed by atoms with Crippen LogP contribution in [0.3, 0.4) is 0 Å². The fourth-order valence-corrected chi connectivity index (χ4v) is 2.81. The number of nitrogens with zero attached hydrogens (tertiary/aromatic N) is 3. The Morgan fingerprint density at radius 3 is 2.69 bits per heavy atom. The van der Waals surface area contributed by atoms with Gasteiger partial charge >= 0.3 is 0 Å². The second kappa shape index (κ2) is 9.39. The van der Waals surface area contributed by atoms with Gasteiger partial charge in [-0.15, -0.1) is 0 Å². The molecule has 0 aliphatic heterocycles. The Labute approximate surface area is 176 Å². The summed E-state index contributed by atoms with van der Waals surface area (Å²) in [6.45, 7) is 3.84. The maximum atomic E-state index is 14.3. The molecule has 2 aromatic heterocycles. The van der Waals surface area contributed by atoms with Gasteiger partial charge in [0.15, 0.2) is 11.6 Å². The van der Waals surface area contributed by atoms with Crippen molar-refractivity contribution in [3.63, 3.8) is 0 Å². The molecule has 3 rings (SSSR count). The van der Waals surface area contributed by atoms with Gasteiger partial charge in [-0.05, 0) is 26.0 Å². The molecular weight excluding hydrogens is 424 g/mol. The van der Waals surface area contributed by atoms with Crippen molar-refractivity contribution in [1.82, 2.24) is 15.1 Å². The van der Waals surface area contributed by atoms with Gasteiger partial charge in [-0.25, -0.2) is 9.37 Å². The Hall–Kier alpha value is -2.42. The summed E-state index contributed by atoms with van der Waals surface area (Å²) in [5, 5.41) is 13.1. The molecule has 29 heavy (non-hydrogen) atoms. The van der Waals surface area contributed by atoms with E-state index in [4.69, 9.17) is 42.3 Å². The Kier molecular flexibility index (Phi) is 6.89. The van der Waals surface area contributed by atoms with Gasteiger partial charge in [0, 0.05) is 30.9 Å². The quantitative estimate of drug-likeness (QED) is 0.502. The number of aromatic nitrogens is 3. The first kappa shape index (κ1) is 21.3. The molecule has 154 valence electrons. The minimum atomic E-state index is -0.631. The molecule has 0 aliphatic carbocycles. The first-order chi connectivity index (χ1) is 13.9. The van der Waals surface area contributed by atoms with Crippen LogP contribution < -0.4 is 9.47 Å². The molecule has 10 heteroatoms. The smallest absolute Gasteiger partial charge is 0.259 e. The van der Waals surface area contributed by atoms with Crippen molar-refractivity contribution in [3.05, 3.63) is 40.3 Å². The van der Waals surface area contributed by atoms with Crippen LogP contribution in [0.25, 0.3) is 22.8 Å². The molecule has 1 aromatic carbocycles. The van der Waals surface area contributed by atoms with Gasteiger partial charge in [-0.2, -0.15) is 4.98 Å². The van der Waals surface area contributed by atoms with E-state index >= 15 is 0 Å². The maximum Gasteiger partial charge on any atom is 0.259 e. The minimum Gasteiger partial charge on any atom is -0.490 e. The average molecular weight is 442 g/mol. The molecule has 0 bridgehead atoms. The lowest BCUT2D eigenvalue weighted by Crippen LogP contribution is -2.07. The van der Waals surface area contributed by atoms with Crippen molar-refractivity contribution in [1.29, 1.82) is 0 Å². The zero-order valence-electron chi connectivity index (χ0n) is 15.7. The predicted octanol–water partition coefficient (Wildman–Crippen LogP) is 4.79. The molecule has 0 saturated heterocycles. The third-order valence-corrected chi connectivity index (χ3v) is 4.23. The van der Waals surface area contributed by atoms with E-state index in [0.717, 1.165) is 6.07 Å². The number of hydrogen-bond donors (Lipinski definition) is 1. The van der Waals surface area contributed by atoms with Crippen LogP contribution in [-0.2, 0) is 0 Å². The molecule has 0 unspecified atom stereocenters. The van der Waals surface area contributed by atoms with Crippen LogP contribution in [0.15, 0.2) is 28.9 Å². The molecule has 3 aromatic rings. The number of ether oxygens (including phenoxy) is 2. The molecule has 0 atom stereocenters. The van der Waals surface area contributed by atoms with Gasteiger partial charge in [0.2, 0.25) is 11.7 Å². The standard InChI is InChI=1S/C19H18Cl2FN3O4/c1-10(2)28-19-14(21)6-11(9-23-19)18-24-17(25-29-18)12-7-15(22)16(8-13(12)20)27-5-3-4-26/h6-10,26H,3-5H2,1-2H3. The maximum absolute atomic E-state index is 14.3. The highest BCUT2D eigenvalue weighted by Gasteiger charge is 2.18. The lowest BCUT2D eigenvalue weighted by atomic mass is 10.2. The Morgan fingerprint density at radius 1 is 1.21 bits per heavy atom.